The lowest BCUT2D eigenvalue weighted by atomic mass is 9.83. The minimum atomic E-state index is -0.160. The third kappa shape index (κ3) is 6.90. The summed E-state index contributed by atoms with van der Waals surface area (Å²) < 4.78 is 0. The minimum Gasteiger partial charge on any atom is -0.326 e. The van der Waals surface area contributed by atoms with E-state index in [1.807, 2.05) is 42.5 Å². The maximum absolute atomic E-state index is 12.8. The highest BCUT2D eigenvalue weighted by molar-refractivity contribution is 8.00. The molecule has 4 aromatic rings. The number of carbonyl (C=O) groups excluding carboxylic acids is 2. The second kappa shape index (κ2) is 12.5. The zero-order valence-electron chi connectivity index (χ0n) is 21.1. The van der Waals surface area contributed by atoms with E-state index in [2.05, 4.69) is 41.0 Å². The van der Waals surface area contributed by atoms with Crippen molar-refractivity contribution in [2.45, 2.75) is 36.5 Å². The van der Waals surface area contributed by atoms with Gasteiger partial charge in [-0.05, 0) is 72.2 Å². The molecule has 0 aliphatic heterocycles. The molecule has 5 nitrogen and oxygen atoms in total. The predicted octanol–water partition coefficient (Wildman–Crippen LogP) is 7.46. The number of thiophene rings is 1. The lowest BCUT2D eigenvalue weighted by Gasteiger charge is -2.22. The molecule has 3 aromatic carbocycles. The molecule has 1 heterocycles. The Kier molecular flexibility index (Phi) is 8.67. The molecule has 1 atom stereocenters. The van der Waals surface area contributed by atoms with Crippen molar-refractivity contribution in [2.24, 2.45) is 0 Å². The van der Waals surface area contributed by atoms with E-state index in [0.717, 1.165) is 35.3 Å². The highest BCUT2D eigenvalue weighted by Crippen LogP contribution is 2.42. The molecule has 0 saturated carbocycles. The quantitative estimate of drug-likeness (QED) is 0.215. The van der Waals surface area contributed by atoms with Gasteiger partial charge < -0.3 is 10.6 Å². The SMILES string of the molecule is N#Cc1c(NC(=O)CSc2cccc(NC(=O)Cc3ccc(Cl)cc3)c2)sc2c1CCC(c1ccccc1)C2. The zero-order valence-corrected chi connectivity index (χ0v) is 23.5. The first-order chi connectivity index (χ1) is 19.0. The fraction of sp³-hybridized carbons (Fsp3) is 0.194. The van der Waals surface area contributed by atoms with E-state index in [1.54, 1.807) is 12.1 Å². The van der Waals surface area contributed by atoms with Gasteiger partial charge in [0.2, 0.25) is 11.8 Å². The number of rotatable bonds is 8. The summed E-state index contributed by atoms with van der Waals surface area (Å²) in [6, 6.07) is 27.4. The molecule has 5 rings (SSSR count). The third-order valence-electron chi connectivity index (χ3n) is 6.67. The van der Waals surface area contributed by atoms with Crippen LogP contribution in [0.25, 0.3) is 0 Å². The number of benzene rings is 3. The molecule has 2 N–H and O–H groups in total. The number of anilines is 2. The molecule has 2 amide bonds. The van der Waals surface area contributed by atoms with Crippen LogP contribution in [0.4, 0.5) is 10.7 Å². The molecule has 0 radical (unpaired) electrons. The third-order valence-corrected chi connectivity index (χ3v) is 9.08. The Hall–Kier alpha value is -3.57. The summed E-state index contributed by atoms with van der Waals surface area (Å²) in [4.78, 5) is 27.3. The normalized spacial score (nSPS) is 14.2. The average molecular weight is 572 g/mol. The predicted molar refractivity (Wildman–Crippen MR) is 160 cm³/mol. The van der Waals surface area contributed by atoms with Gasteiger partial charge >= 0.3 is 0 Å². The van der Waals surface area contributed by atoms with Crippen LogP contribution in [0.1, 0.15) is 39.5 Å². The molecule has 1 aliphatic rings. The summed E-state index contributed by atoms with van der Waals surface area (Å²) in [6.07, 6.45) is 2.97. The van der Waals surface area contributed by atoms with Gasteiger partial charge in [0.05, 0.1) is 17.7 Å². The van der Waals surface area contributed by atoms with Gasteiger partial charge in [0.15, 0.2) is 0 Å². The maximum atomic E-state index is 12.8. The molecule has 39 heavy (non-hydrogen) atoms. The van der Waals surface area contributed by atoms with Crippen LogP contribution in [0.2, 0.25) is 5.02 Å². The number of fused-ring (bicyclic) bond motifs is 1. The lowest BCUT2D eigenvalue weighted by Crippen LogP contribution is -2.15. The molecule has 0 saturated heterocycles. The van der Waals surface area contributed by atoms with Gasteiger partial charge in [-0.2, -0.15) is 5.26 Å². The van der Waals surface area contributed by atoms with E-state index < -0.39 is 0 Å². The number of nitrogens with zero attached hydrogens (tertiary/aromatic N) is 1. The van der Waals surface area contributed by atoms with Crippen molar-refractivity contribution in [3.63, 3.8) is 0 Å². The number of hydrogen-bond acceptors (Lipinski definition) is 5. The van der Waals surface area contributed by atoms with Gasteiger partial charge in [-0.25, -0.2) is 0 Å². The van der Waals surface area contributed by atoms with Crippen molar-refractivity contribution in [3.8, 4) is 6.07 Å². The van der Waals surface area contributed by atoms with Crippen molar-refractivity contribution < 1.29 is 9.59 Å². The first kappa shape index (κ1) is 27.0. The number of thioether (sulfide) groups is 1. The summed E-state index contributed by atoms with van der Waals surface area (Å²) in [6.45, 7) is 0. The van der Waals surface area contributed by atoms with E-state index in [9.17, 15) is 14.9 Å². The van der Waals surface area contributed by atoms with Gasteiger partial charge in [0.1, 0.15) is 11.1 Å². The van der Waals surface area contributed by atoms with Crippen LogP contribution >= 0.6 is 34.7 Å². The van der Waals surface area contributed by atoms with Crippen LogP contribution in [0, 0.1) is 11.3 Å². The Morgan fingerprint density at radius 3 is 2.56 bits per heavy atom. The monoisotopic (exact) mass is 571 g/mol. The van der Waals surface area contributed by atoms with E-state index in [4.69, 9.17) is 11.6 Å². The van der Waals surface area contributed by atoms with Gasteiger partial charge in [-0.3, -0.25) is 9.59 Å². The topological polar surface area (TPSA) is 82.0 Å². The van der Waals surface area contributed by atoms with E-state index in [1.165, 1.54) is 33.5 Å². The van der Waals surface area contributed by atoms with E-state index in [-0.39, 0.29) is 24.0 Å². The Balaban J connectivity index is 1.17. The Bertz CT molecular complexity index is 1530. The smallest absolute Gasteiger partial charge is 0.235 e. The molecular formula is C31H26ClN3O2S2. The standard InChI is InChI=1S/C31H26ClN3O2S2/c32-23-12-9-20(10-13-23)15-29(36)34-24-7-4-8-25(17-24)38-19-30(37)35-31-27(18-33)26-14-11-22(16-28(26)39-31)21-5-2-1-3-6-21/h1-10,12-13,17,22H,11,14-16,19H2,(H,34,36)(H,35,37). The average Bonchev–Trinajstić information content (AvgIpc) is 3.29. The number of amides is 2. The molecule has 1 aliphatic carbocycles. The number of hydrogen-bond donors (Lipinski definition) is 2. The van der Waals surface area contributed by atoms with E-state index in [0.29, 0.717) is 27.2 Å². The van der Waals surface area contributed by atoms with Crippen LogP contribution < -0.4 is 10.6 Å². The Morgan fingerprint density at radius 1 is 1.00 bits per heavy atom. The van der Waals surface area contributed by atoms with Gasteiger partial charge in [0.25, 0.3) is 0 Å². The van der Waals surface area contributed by atoms with Gasteiger partial charge in [-0.15, -0.1) is 23.1 Å². The van der Waals surface area contributed by atoms with Crippen molar-refractivity contribution >= 4 is 57.2 Å². The van der Waals surface area contributed by atoms with Crippen molar-refractivity contribution in [1.82, 2.24) is 0 Å². The Morgan fingerprint density at radius 2 is 1.79 bits per heavy atom. The van der Waals surface area contributed by atoms with Crippen LogP contribution in [0.15, 0.2) is 83.8 Å². The number of nitrogens with one attached hydrogen (secondary N) is 2. The van der Waals surface area contributed by atoms with Crippen LogP contribution in [0.3, 0.4) is 0 Å². The largest absolute Gasteiger partial charge is 0.326 e. The number of nitriles is 1. The van der Waals surface area contributed by atoms with Crippen molar-refractivity contribution in [3.05, 3.63) is 111 Å². The van der Waals surface area contributed by atoms with Crippen LogP contribution in [-0.4, -0.2) is 17.6 Å². The fourth-order valence-electron chi connectivity index (χ4n) is 4.77. The molecule has 196 valence electrons. The molecule has 1 aromatic heterocycles. The minimum absolute atomic E-state index is 0.127. The van der Waals surface area contributed by atoms with Crippen molar-refractivity contribution in [2.75, 3.05) is 16.4 Å². The molecule has 8 heteroatoms. The first-order valence-corrected chi connectivity index (χ1v) is 14.8. The number of halogens is 1. The second-order valence-electron chi connectivity index (χ2n) is 9.39. The number of carbonyl (C=O) groups is 2. The molecule has 1 unspecified atom stereocenters. The summed E-state index contributed by atoms with van der Waals surface area (Å²) >= 11 is 8.82. The summed E-state index contributed by atoms with van der Waals surface area (Å²) in [5, 5.41) is 17.0. The van der Waals surface area contributed by atoms with E-state index >= 15 is 0 Å². The second-order valence-corrected chi connectivity index (χ2v) is 12.0. The van der Waals surface area contributed by atoms with Crippen molar-refractivity contribution in [1.29, 1.82) is 5.26 Å². The summed E-state index contributed by atoms with van der Waals surface area (Å²) in [7, 11) is 0. The molecular weight excluding hydrogens is 546 g/mol. The highest BCUT2D eigenvalue weighted by Gasteiger charge is 2.27. The summed E-state index contributed by atoms with van der Waals surface area (Å²) in [5.41, 5.74) is 4.55. The Labute approximate surface area is 241 Å². The lowest BCUT2D eigenvalue weighted by molar-refractivity contribution is -0.115. The molecule has 0 fully saturated rings. The highest BCUT2D eigenvalue weighted by atomic mass is 35.5. The maximum Gasteiger partial charge on any atom is 0.235 e. The van der Waals surface area contributed by atoms with Crippen LogP contribution in [0.5, 0.6) is 0 Å². The van der Waals surface area contributed by atoms with Crippen LogP contribution in [-0.2, 0) is 28.9 Å². The van der Waals surface area contributed by atoms with Gasteiger partial charge in [0, 0.05) is 20.5 Å². The molecule has 0 spiro atoms. The molecule has 0 bridgehead atoms. The first-order valence-electron chi connectivity index (χ1n) is 12.6. The fourth-order valence-corrected chi connectivity index (χ4v) is 6.95. The van der Waals surface area contributed by atoms with Gasteiger partial charge in [-0.1, -0.05) is 60.1 Å². The summed E-state index contributed by atoms with van der Waals surface area (Å²) in [5.74, 6) is 0.341. The zero-order chi connectivity index (χ0) is 27.2.